The first-order valence-electron chi connectivity index (χ1n) is 10.1. The summed E-state index contributed by atoms with van der Waals surface area (Å²) >= 11 is 6.24. The van der Waals surface area contributed by atoms with Crippen molar-refractivity contribution in [1.82, 2.24) is 9.97 Å². The molecule has 4 aromatic carbocycles. The number of aromatic nitrogens is 2. The molecule has 0 fully saturated rings. The van der Waals surface area contributed by atoms with E-state index in [0.717, 1.165) is 33.6 Å². The van der Waals surface area contributed by atoms with Gasteiger partial charge in [-0.3, -0.25) is 0 Å². The van der Waals surface area contributed by atoms with E-state index < -0.39 is 0 Å². The van der Waals surface area contributed by atoms with Crippen molar-refractivity contribution in [2.45, 2.75) is 0 Å². The van der Waals surface area contributed by atoms with Crippen molar-refractivity contribution in [3.05, 3.63) is 120 Å². The Morgan fingerprint density at radius 1 is 0.419 bits per heavy atom. The van der Waals surface area contributed by atoms with E-state index in [2.05, 4.69) is 60.7 Å². The van der Waals surface area contributed by atoms with E-state index in [4.69, 9.17) is 21.6 Å². The number of hydrogen-bond acceptors (Lipinski definition) is 2. The van der Waals surface area contributed by atoms with Crippen LogP contribution < -0.4 is 0 Å². The molecule has 5 aromatic rings. The first-order chi connectivity index (χ1) is 15.3. The van der Waals surface area contributed by atoms with Crippen LogP contribution in [0, 0.1) is 0 Å². The summed E-state index contributed by atoms with van der Waals surface area (Å²) in [6, 6.07) is 38.7. The highest BCUT2D eigenvalue weighted by atomic mass is 35.5. The fourth-order valence-electron chi connectivity index (χ4n) is 3.60. The Hall–Kier alpha value is -3.75. The third kappa shape index (κ3) is 4.25. The molecule has 0 atom stereocenters. The van der Waals surface area contributed by atoms with Crippen LogP contribution in [0.5, 0.6) is 0 Å². The Balaban J connectivity index is 1.67. The molecule has 0 amide bonds. The van der Waals surface area contributed by atoms with Gasteiger partial charge in [-0.1, -0.05) is 103 Å². The molecule has 148 valence electrons. The van der Waals surface area contributed by atoms with Crippen molar-refractivity contribution in [2.75, 3.05) is 0 Å². The molecule has 1 aromatic heterocycles. The fourth-order valence-corrected chi connectivity index (χ4v) is 3.79. The van der Waals surface area contributed by atoms with Crippen molar-refractivity contribution in [3.8, 4) is 45.0 Å². The predicted molar refractivity (Wildman–Crippen MR) is 129 cm³/mol. The van der Waals surface area contributed by atoms with Crippen LogP contribution in [0.2, 0.25) is 5.02 Å². The molecule has 31 heavy (non-hydrogen) atoms. The van der Waals surface area contributed by atoms with Crippen molar-refractivity contribution in [3.63, 3.8) is 0 Å². The second kappa shape index (κ2) is 8.55. The van der Waals surface area contributed by atoms with E-state index in [9.17, 15) is 0 Å². The maximum Gasteiger partial charge on any atom is 0.160 e. The second-order valence-electron chi connectivity index (χ2n) is 7.29. The Kier molecular flexibility index (Phi) is 5.30. The lowest BCUT2D eigenvalue weighted by molar-refractivity contribution is 1.18. The summed E-state index contributed by atoms with van der Waals surface area (Å²) in [7, 11) is 0. The van der Waals surface area contributed by atoms with Crippen LogP contribution in [0.4, 0.5) is 0 Å². The maximum absolute atomic E-state index is 6.24. The molecule has 5 rings (SSSR count). The van der Waals surface area contributed by atoms with E-state index in [1.165, 1.54) is 5.56 Å². The first-order valence-corrected chi connectivity index (χ1v) is 10.5. The molecule has 0 spiro atoms. The average Bonchev–Trinajstić information content (AvgIpc) is 2.85. The van der Waals surface area contributed by atoms with Crippen molar-refractivity contribution in [2.24, 2.45) is 0 Å². The van der Waals surface area contributed by atoms with E-state index in [0.29, 0.717) is 10.8 Å². The molecule has 0 bridgehead atoms. The van der Waals surface area contributed by atoms with Crippen LogP contribution in [0.1, 0.15) is 0 Å². The minimum absolute atomic E-state index is 0.656. The van der Waals surface area contributed by atoms with Crippen LogP contribution in [0.15, 0.2) is 115 Å². The maximum atomic E-state index is 6.24. The summed E-state index contributed by atoms with van der Waals surface area (Å²) in [5, 5.41) is 0.666. The summed E-state index contributed by atoms with van der Waals surface area (Å²) in [5.74, 6) is 0.656. The van der Waals surface area contributed by atoms with Gasteiger partial charge in [0, 0.05) is 21.7 Å². The Morgan fingerprint density at radius 2 is 0.968 bits per heavy atom. The first kappa shape index (κ1) is 19.2. The number of halogens is 1. The highest BCUT2D eigenvalue weighted by Gasteiger charge is 2.11. The molecule has 0 aliphatic carbocycles. The summed E-state index contributed by atoms with van der Waals surface area (Å²) < 4.78 is 0. The molecule has 3 heteroatoms. The summed E-state index contributed by atoms with van der Waals surface area (Å²) in [6.07, 6.45) is 0. The van der Waals surface area contributed by atoms with Crippen LogP contribution in [-0.4, -0.2) is 9.97 Å². The zero-order chi connectivity index (χ0) is 21.0. The van der Waals surface area contributed by atoms with Crippen molar-refractivity contribution >= 4 is 11.6 Å². The van der Waals surface area contributed by atoms with Gasteiger partial charge < -0.3 is 0 Å². The summed E-state index contributed by atoms with van der Waals surface area (Å²) in [4.78, 5) is 9.76. The lowest BCUT2D eigenvalue weighted by Gasteiger charge is -2.11. The fraction of sp³-hybridized carbons (Fsp3) is 0. The SMILES string of the molecule is Clc1cccc(-c2nc(-c3ccccc3)cc(-c3cccc(-c4ccccc4)c3)n2)c1. The van der Waals surface area contributed by atoms with Gasteiger partial charge in [-0.25, -0.2) is 9.97 Å². The zero-order valence-electron chi connectivity index (χ0n) is 16.7. The number of rotatable bonds is 4. The number of hydrogen-bond donors (Lipinski definition) is 0. The molecular formula is C28H19ClN2. The molecule has 0 N–H and O–H groups in total. The lowest BCUT2D eigenvalue weighted by atomic mass is 10.0. The Bertz CT molecular complexity index is 1330. The molecule has 0 aliphatic heterocycles. The summed E-state index contributed by atoms with van der Waals surface area (Å²) in [6.45, 7) is 0. The topological polar surface area (TPSA) is 25.8 Å². The quantitative estimate of drug-likeness (QED) is 0.297. The van der Waals surface area contributed by atoms with Gasteiger partial charge in [0.05, 0.1) is 11.4 Å². The molecule has 1 heterocycles. The van der Waals surface area contributed by atoms with Crippen LogP contribution >= 0.6 is 11.6 Å². The van der Waals surface area contributed by atoms with Crippen LogP contribution in [-0.2, 0) is 0 Å². The molecule has 0 saturated heterocycles. The molecule has 0 aliphatic rings. The Morgan fingerprint density at radius 3 is 1.68 bits per heavy atom. The summed E-state index contributed by atoms with van der Waals surface area (Å²) in [5.41, 5.74) is 7.08. The van der Waals surface area contributed by atoms with Gasteiger partial charge in [-0.2, -0.15) is 0 Å². The number of nitrogens with zero attached hydrogens (tertiary/aromatic N) is 2. The third-order valence-corrected chi connectivity index (χ3v) is 5.38. The van der Waals surface area contributed by atoms with Gasteiger partial charge >= 0.3 is 0 Å². The van der Waals surface area contributed by atoms with Gasteiger partial charge in [0.15, 0.2) is 5.82 Å². The van der Waals surface area contributed by atoms with Gasteiger partial charge in [0.25, 0.3) is 0 Å². The van der Waals surface area contributed by atoms with Gasteiger partial charge in [0.1, 0.15) is 0 Å². The minimum atomic E-state index is 0.656. The van der Waals surface area contributed by atoms with E-state index in [1.807, 2.05) is 54.6 Å². The lowest BCUT2D eigenvalue weighted by Crippen LogP contribution is -1.96. The largest absolute Gasteiger partial charge is 0.228 e. The minimum Gasteiger partial charge on any atom is -0.228 e. The zero-order valence-corrected chi connectivity index (χ0v) is 17.5. The molecule has 2 nitrogen and oxygen atoms in total. The van der Waals surface area contributed by atoms with Crippen LogP contribution in [0.3, 0.4) is 0 Å². The van der Waals surface area contributed by atoms with Crippen molar-refractivity contribution < 1.29 is 0 Å². The highest BCUT2D eigenvalue weighted by Crippen LogP contribution is 2.30. The monoisotopic (exact) mass is 418 g/mol. The average molecular weight is 419 g/mol. The second-order valence-corrected chi connectivity index (χ2v) is 7.72. The van der Waals surface area contributed by atoms with E-state index in [-0.39, 0.29) is 0 Å². The predicted octanol–water partition coefficient (Wildman–Crippen LogP) is 7.80. The normalized spacial score (nSPS) is 10.7. The molecule has 0 saturated carbocycles. The number of benzene rings is 4. The van der Waals surface area contributed by atoms with E-state index in [1.54, 1.807) is 0 Å². The smallest absolute Gasteiger partial charge is 0.160 e. The molecule has 0 unspecified atom stereocenters. The third-order valence-electron chi connectivity index (χ3n) is 5.14. The highest BCUT2D eigenvalue weighted by molar-refractivity contribution is 6.30. The van der Waals surface area contributed by atoms with Gasteiger partial charge in [0.2, 0.25) is 0 Å². The molecular weight excluding hydrogens is 400 g/mol. The van der Waals surface area contributed by atoms with Crippen LogP contribution in [0.25, 0.3) is 45.0 Å². The van der Waals surface area contributed by atoms with E-state index >= 15 is 0 Å². The van der Waals surface area contributed by atoms with Gasteiger partial charge in [-0.05, 0) is 35.4 Å². The standard InChI is InChI=1S/C28H19ClN2/c29-25-16-8-15-24(18-25)28-30-26(21-11-5-2-6-12-21)19-27(31-28)23-14-7-13-22(17-23)20-9-3-1-4-10-20/h1-19H. The van der Waals surface area contributed by atoms with Crippen molar-refractivity contribution in [1.29, 1.82) is 0 Å². The Labute approximate surface area is 186 Å². The van der Waals surface area contributed by atoms with Gasteiger partial charge in [-0.15, -0.1) is 0 Å². The molecule has 0 radical (unpaired) electrons.